The van der Waals surface area contributed by atoms with Crippen LogP contribution < -0.4 is 0 Å². The maximum Gasteiger partial charge on any atom is 0.129 e. The van der Waals surface area contributed by atoms with Crippen molar-refractivity contribution in [3.8, 4) is 0 Å². The number of ether oxygens (including phenoxy) is 1. The Morgan fingerprint density at radius 3 is 2.38 bits per heavy atom. The van der Waals surface area contributed by atoms with Crippen molar-refractivity contribution in [2.24, 2.45) is 0 Å². The van der Waals surface area contributed by atoms with E-state index in [1.54, 1.807) is 13.8 Å². The molecule has 0 aromatic heterocycles. The summed E-state index contributed by atoms with van der Waals surface area (Å²) in [4.78, 5) is 0. The Balaban J connectivity index is 2.72. The van der Waals surface area contributed by atoms with Gasteiger partial charge in [-0.3, -0.25) is 0 Å². The first kappa shape index (κ1) is 13.1. The summed E-state index contributed by atoms with van der Waals surface area (Å²) in [6, 6.07) is 3.65. The van der Waals surface area contributed by atoms with Crippen molar-refractivity contribution in [2.75, 3.05) is 6.61 Å². The van der Waals surface area contributed by atoms with Gasteiger partial charge in [0.25, 0.3) is 0 Å². The smallest absolute Gasteiger partial charge is 0.129 e. The zero-order chi connectivity index (χ0) is 12.1. The van der Waals surface area contributed by atoms with Crippen LogP contribution in [0, 0.1) is 11.6 Å². The lowest BCUT2D eigenvalue weighted by molar-refractivity contribution is -0.0214. The van der Waals surface area contributed by atoms with Gasteiger partial charge in [0.1, 0.15) is 11.6 Å². The highest BCUT2D eigenvalue weighted by molar-refractivity contribution is 5.20. The second-order valence-electron chi connectivity index (χ2n) is 3.63. The SMILES string of the molecule is CCOC(C)C(O)Cc1c(F)cccc1F. The molecule has 0 saturated carbocycles. The fourth-order valence-electron chi connectivity index (χ4n) is 1.48. The van der Waals surface area contributed by atoms with Crippen molar-refractivity contribution in [1.82, 2.24) is 0 Å². The predicted octanol–water partition coefficient (Wildman–Crippen LogP) is 2.29. The minimum absolute atomic E-state index is 0.0837. The molecule has 0 aliphatic rings. The average molecular weight is 230 g/mol. The molecule has 0 amide bonds. The van der Waals surface area contributed by atoms with Gasteiger partial charge in [-0.1, -0.05) is 6.07 Å². The summed E-state index contributed by atoms with van der Waals surface area (Å²) in [6.45, 7) is 3.93. The predicted molar refractivity (Wildman–Crippen MR) is 57.2 cm³/mol. The van der Waals surface area contributed by atoms with Gasteiger partial charge in [0, 0.05) is 18.6 Å². The maximum absolute atomic E-state index is 13.3. The topological polar surface area (TPSA) is 29.5 Å². The molecule has 1 rings (SSSR count). The molecule has 0 aliphatic carbocycles. The lowest BCUT2D eigenvalue weighted by Gasteiger charge is -2.19. The number of hydrogen-bond donors (Lipinski definition) is 1. The molecule has 0 bridgehead atoms. The zero-order valence-corrected chi connectivity index (χ0v) is 9.41. The van der Waals surface area contributed by atoms with E-state index in [4.69, 9.17) is 4.74 Å². The van der Waals surface area contributed by atoms with Gasteiger partial charge in [-0.2, -0.15) is 0 Å². The van der Waals surface area contributed by atoms with Crippen molar-refractivity contribution in [3.05, 3.63) is 35.4 Å². The zero-order valence-electron chi connectivity index (χ0n) is 9.41. The molecular formula is C12H16F2O2. The molecular weight excluding hydrogens is 214 g/mol. The Kier molecular flexibility index (Phi) is 4.83. The van der Waals surface area contributed by atoms with Gasteiger partial charge >= 0.3 is 0 Å². The van der Waals surface area contributed by atoms with Crippen molar-refractivity contribution in [1.29, 1.82) is 0 Å². The fourth-order valence-corrected chi connectivity index (χ4v) is 1.48. The van der Waals surface area contributed by atoms with Crippen molar-refractivity contribution in [3.63, 3.8) is 0 Å². The van der Waals surface area contributed by atoms with Crippen LogP contribution in [0.15, 0.2) is 18.2 Å². The van der Waals surface area contributed by atoms with Gasteiger partial charge in [0.15, 0.2) is 0 Å². The first-order valence-electron chi connectivity index (χ1n) is 5.28. The van der Waals surface area contributed by atoms with Crippen LogP contribution in [0.4, 0.5) is 8.78 Å². The number of benzene rings is 1. The first-order chi connectivity index (χ1) is 7.56. The summed E-state index contributed by atoms with van der Waals surface area (Å²) in [6.07, 6.45) is -1.44. The molecule has 1 aromatic rings. The van der Waals surface area contributed by atoms with Gasteiger partial charge < -0.3 is 9.84 Å². The summed E-state index contributed by atoms with van der Waals surface area (Å²) < 4.78 is 31.7. The van der Waals surface area contributed by atoms with E-state index in [-0.39, 0.29) is 12.0 Å². The molecule has 2 nitrogen and oxygen atoms in total. The molecule has 0 spiro atoms. The third kappa shape index (κ3) is 3.25. The monoisotopic (exact) mass is 230 g/mol. The first-order valence-corrected chi connectivity index (χ1v) is 5.28. The van der Waals surface area contributed by atoms with Gasteiger partial charge in [-0.05, 0) is 26.0 Å². The van der Waals surface area contributed by atoms with E-state index in [0.29, 0.717) is 6.61 Å². The Morgan fingerprint density at radius 2 is 1.88 bits per heavy atom. The number of halogens is 2. The van der Waals surface area contributed by atoms with Crippen LogP contribution in [0.3, 0.4) is 0 Å². The van der Waals surface area contributed by atoms with Crippen LogP contribution in [0.25, 0.3) is 0 Å². The summed E-state index contributed by atoms with van der Waals surface area (Å²) >= 11 is 0. The van der Waals surface area contributed by atoms with Crippen molar-refractivity contribution < 1.29 is 18.6 Å². The summed E-state index contributed by atoms with van der Waals surface area (Å²) in [5, 5.41) is 9.69. The summed E-state index contributed by atoms with van der Waals surface area (Å²) in [5.74, 6) is -1.27. The molecule has 16 heavy (non-hydrogen) atoms. The van der Waals surface area contributed by atoms with E-state index in [2.05, 4.69) is 0 Å². The average Bonchev–Trinajstić information content (AvgIpc) is 2.23. The van der Waals surface area contributed by atoms with Gasteiger partial charge in [-0.25, -0.2) is 8.78 Å². The highest BCUT2D eigenvalue weighted by atomic mass is 19.1. The van der Waals surface area contributed by atoms with Crippen LogP contribution in [-0.4, -0.2) is 23.9 Å². The molecule has 0 radical (unpaired) electrons. The molecule has 1 aromatic carbocycles. The number of aliphatic hydroxyl groups excluding tert-OH is 1. The molecule has 0 fully saturated rings. The quantitative estimate of drug-likeness (QED) is 0.841. The van der Waals surface area contributed by atoms with E-state index in [1.807, 2.05) is 0 Å². The van der Waals surface area contributed by atoms with Gasteiger partial charge in [0.05, 0.1) is 12.2 Å². The van der Waals surface area contributed by atoms with E-state index >= 15 is 0 Å². The van der Waals surface area contributed by atoms with Crippen LogP contribution in [-0.2, 0) is 11.2 Å². The highest BCUT2D eigenvalue weighted by Crippen LogP contribution is 2.16. The van der Waals surface area contributed by atoms with Crippen LogP contribution in [0.5, 0.6) is 0 Å². The highest BCUT2D eigenvalue weighted by Gasteiger charge is 2.19. The van der Waals surface area contributed by atoms with E-state index < -0.39 is 23.8 Å². The lowest BCUT2D eigenvalue weighted by atomic mass is 10.0. The standard InChI is InChI=1S/C12H16F2O2/c1-3-16-8(2)12(15)7-9-10(13)5-4-6-11(9)14/h4-6,8,12,15H,3,7H2,1-2H3. The molecule has 0 heterocycles. The minimum atomic E-state index is -0.911. The van der Waals surface area contributed by atoms with Gasteiger partial charge in [-0.15, -0.1) is 0 Å². The third-order valence-corrected chi connectivity index (χ3v) is 2.45. The molecule has 0 aliphatic heterocycles. The Bertz CT molecular complexity index is 322. The fraction of sp³-hybridized carbons (Fsp3) is 0.500. The minimum Gasteiger partial charge on any atom is -0.390 e. The van der Waals surface area contributed by atoms with Crippen molar-refractivity contribution >= 4 is 0 Å². The summed E-state index contributed by atoms with van der Waals surface area (Å²) in [5.41, 5.74) is -0.0958. The summed E-state index contributed by atoms with van der Waals surface area (Å²) in [7, 11) is 0. The number of hydrogen-bond acceptors (Lipinski definition) is 2. The molecule has 2 unspecified atom stereocenters. The van der Waals surface area contributed by atoms with E-state index in [1.165, 1.54) is 18.2 Å². The van der Waals surface area contributed by atoms with Gasteiger partial charge in [0.2, 0.25) is 0 Å². The molecule has 90 valence electrons. The van der Waals surface area contributed by atoms with E-state index in [9.17, 15) is 13.9 Å². The number of aliphatic hydroxyl groups is 1. The Labute approximate surface area is 93.9 Å². The molecule has 1 N–H and O–H groups in total. The van der Waals surface area contributed by atoms with Crippen molar-refractivity contribution in [2.45, 2.75) is 32.5 Å². The lowest BCUT2D eigenvalue weighted by Crippen LogP contribution is -2.28. The second kappa shape index (κ2) is 5.92. The molecule has 0 saturated heterocycles. The normalized spacial score (nSPS) is 14.8. The maximum atomic E-state index is 13.3. The largest absolute Gasteiger partial charge is 0.390 e. The Morgan fingerprint density at radius 1 is 1.31 bits per heavy atom. The van der Waals surface area contributed by atoms with Crippen LogP contribution >= 0.6 is 0 Å². The van der Waals surface area contributed by atoms with Crippen LogP contribution in [0.1, 0.15) is 19.4 Å². The Hall–Kier alpha value is -1.00. The van der Waals surface area contributed by atoms with Crippen LogP contribution in [0.2, 0.25) is 0 Å². The second-order valence-corrected chi connectivity index (χ2v) is 3.63. The van der Waals surface area contributed by atoms with E-state index in [0.717, 1.165) is 0 Å². The molecule has 4 heteroatoms. The third-order valence-electron chi connectivity index (χ3n) is 2.45. The number of rotatable bonds is 5. The molecule has 2 atom stereocenters.